The molecule has 1 aliphatic heterocycles. The van der Waals surface area contributed by atoms with Crippen LogP contribution in [0.3, 0.4) is 0 Å². The molecule has 0 spiro atoms. The van der Waals surface area contributed by atoms with Crippen LogP contribution >= 0.6 is 0 Å². The number of rotatable bonds is 4. The monoisotopic (exact) mass is 320 g/mol. The first kappa shape index (κ1) is 15.4. The molecular weight excluding hydrogens is 303 g/mol. The molecule has 1 saturated heterocycles. The molecule has 8 heteroatoms. The number of benzene rings is 1. The van der Waals surface area contributed by atoms with Crippen LogP contribution in [-0.2, 0) is 9.47 Å². The van der Waals surface area contributed by atoms with Gasteiger partial charge in [0.2, 0.25) is 0 Å². The summed E-state index contributed by atoms with van der Waals surface area (Å²) in [6.45, 7) is 4.47. The van der Waals surface area contributed by atoms with Crippen LogP contribution < -0.4 is 4.90 Å². The van der Waals surface area contributed by atoms with Crippen molar-refractivity contribution in [3.8, 4) is 5.69 Å². The fourth-order valence-electron chi connectivity index (χ4n) is 2.39. The number of carbonyl (C=O) groups is 1. The van der Waals surface area contributed by atoms with E-state index in [0.717, 1.165) is 0 Å². The minimum absolute atomic E-state index is 0.0875. The van der Waals surface area contributed by atoms with Gasteiger partial charge in [-0.15, -0.1) is 5.10 Å². The van der Waals surface area contributed by atoms with Gasteiger partial charge in [-0.1, -0.05) is 5.21 Å². The second-order valence-electron chi connectivity index (χ2n) is 5.00. The number of aromatic nitrogens is 3. The molecule has 1 fully saturated rings. The maximum atomic E-state index is 14.4. The van der Waals surface area contributed by atoms with Crippen LogP contribution in [0.15, 0.2) is 24.4 Å². The Balaban J connectivity index is 1.81. The van der Waals surface area contributed by atoms with Crippen molar-refractivity contribution < 1.29 is 18.7 Å². The number of nitrogens with zero attached hydrogens (tertiary/aromatic N) is 4. The second kappa shape index (κ2) is 6.74. The predicted octanol–water partition coefficient (Wildman–Crippen LogP) is 1.42. The number of ether oxygens (including phenoxy) is 2. The van der Waals surface area contributed by atoms with Gasteiger partial charge in [0.25, 0.3) is 0 Å². The zero-order valence-electron chi connectivity index (χ0n) is 12.7. The molecule has 122 valence electrons. The first-order chi connectivity index (χ1) is 11.2. The van der Waals surface area contributed by atoms with Gasteiger partial charge in [0.05, 0.1) is 37.4 Å². The number of halogens is 1. The number of carbonyl (C=O) groups excluding carboxylic acids is 1. The normalized spacial score (nSPS) is 14.8. The van der Waals surface area contributed by atoms with Gasteiger partial charge in [-0.05, 0) is 19.1 Å². The first-order valence-electron chi connectivity index (χ1n) is 7.41. The minimum atomic E-state index is -0.552. The molecule has 7 nitrogen and oxygen atoms in total. The van der Waals surface area contributed by atoms with Crippen molar-refractivity contribution in [2.45, 2.75) is 6.92 Å². The lowest BCUT2D eigenvalue weighted by molar-refractivity contribution is 0.0519. The van der Waals surface area contributed by atoms with Crippen LogP contribution in [0.4, 0.5) is 10.1 Å². The van der Waals surface area contributed by atoms with Crippen LogP contribution in [0.2, 0.25) is 0 Å². The summed E-state index contributed by atoms with van der Waals surface area (Å²) >= 11 is 0. The van der Waals surface area contributed by atoms with Gasteiger partial charge in [0, 0.05) is 19.2 Å². The molecule has 0 saturated carbocycles. The molecule has 0 amide bonds. The van der Waals surface area contributed by atoms with Crippen LogP contribution in [0.1, 0.15) is 17.4 Å². The van der Waals surface area contributed by atoms with Crippen molar-refractivity contribution in [1.82, 2.24) is 15.0 Å². The van der Waals surface area contributed by atoms with E-state index in [-0.39, 0.29) is 18.1 Å². The molecule has 3 rings (SSSR count). The zero-order chi connectivity index (χ0) is 16.2. The number of morpholine rings is 1. The summed E-state index contributed by atoms with van der Waals surface area (Å²) in [5, 5.41) is 7.58. The molecule has 1 aliphatic rings. The molecule has 0 unspecified atom stereocenters. The number of hydrogen-bond donors (Lipinski definition) is 0. The van der Waals surface area contributed by atoms with Gasteiger partial charge >= 0.3 is 5.97 Å². The highest BCUT2D eigenvalue weighted by atomic mass is 19.1. The fraction of sp³-hybridized carbons (Fsp3) is 0.400. The van der Waals surface area contributed by atoms with Crippen molar-refractivity contribution >= 4 is 11.7 Å². The Morgan fingerprint density at radius 1 is 1.39 bits per heavy atom. The average Bonchev–Trinajstić information content (AvgIpc) is 3.06. The summed E-state index contributed by atoms with van der Waals surface area (Å²) in [7, 11) is 0. The van der Waals surface area contributed by atoms with E-state index in [1.807, 2.05) is 4.90 Å². The van der Waals surface area contributed by atoms with Crippen molar-refractivity contribution in [2.75, 3.05) is 37.8 Å². The highest BCUT2D eigenvalue weighted by Gasteiger charge is 2.17. The molecule has 0 atom stereocenters. The molecule has 1 aromatic carbocycles. The number of anilines is 1. The quantitative estimate of drug-likeness (QED) is 0.794. The molecule has 0 N–H and O–H groups in total. The summed E-state index contributed by atoms with van der Waals surface area (Å²) in [6.07, 6.45) is 1.42. The Hall–Kier alpha value is -2.48. The smallest absolute Gasteiger partial charge is 0.360 e. The first-order valence-corrected chi connectivity index (χ1v) is 7.41. The third kappa shape index (κ3) is 3.31. The Kier molecular flexibility index (Phi) is 4.52. The fourth-order valence-corrected chi connectivity index (χ4v) is 2.39. The summed E-state index contributed by atoms with van der Waals surface area (Å²) < 4.78 is 25.8. The Morgan fingerprint density at radius 2 is 2.17 bits per heavy atom. The molecule has 23 heavy (non-hydrogen) atoms. The van der Waals surface area contributed by atoms with Crippen molar-refractivity contribution in [1.29, 1.82) is 0 Å². The maximum Gasteiger partial charge on any atom is 0.360 e. The lowest BCUT2D eigenvalue weighted by Gasteiger charge is -2.29. The Bertz CT molecular complexity index is 698. The Morgan fingerprint density at radius 3 is 2.87 bits per heavy atom. The van der Waals surface area contributed by atoms with Gasteiger partial charge in [-0.2, -0.15) is 0 Å². The van der Waals surface area contributed by atoms with E-state index in [4.69, 9.17) is 9.47 Å². The second-order valence-corrected chi connectivity index (χ2v) is 5.00. The summed E-state index contributed by atoms with van der Waals surface area (Å²) in [5.74, 6) is -0.901. The van der Waals surface area contributed by atoms with Gasteiger partial charge in [0.1, 0.15) is 5.82 Å². The topological polar surface area (TPSA) is 69.5 Å². The van der Waals surface area contributed by atoms with E-state index in [9.17, 15) is 9.18 Å². The van der Waals surface area contributed by atoms with E-state index in [1.165, 1.54) is 16.9 Å². The zero-order valence-corrected chi connectivity index (χ0v) is 12.7. The predicted molar refractivity (Wildman–Crippen MR) is 80.3 cm³/mol. The summed E-state index contributed by atoms with van der Waals surface area (Å²) in [4.78, 5) is 13.5. The molecule has 0 radical (unpaired) electrons. The van der Waals surface area contributed by atoms with Crippen molar-refractivity contribution in [3.05, 3.63) is 35.9 Å². The van der Waals surface area contributed by atoms with E-state index >= 15 is 0 Å². The minimum Gasteiger partial charge on any atom is -0.461 e. The van der Waals surface area contributed by atoms with E-state index < -0.39 is 5.97 Å². The summed E-state index contributed by atoms with van der Waals surface area (Å²) in [6, 6.07) is 4.80. The lowest BCUT2D eigenvalue weighted by Crippen LogP contribution is -2.36. The summed E-state index contributed by atoms with van der Waals surface area (Å²) in [5.41, 5.74) is 1.11. The van der Waals surface area contributed by atoms with Gasteiger partial charge in [0.15, 0.2) is 5.69 Å². The SMILES string of the molecule is CCOC(=O)c1cn(-c2ccc(N3CCOCC3)c(F)c2)nn1. The molecule has 1 aromatic heterocycles. The molecular formula is C15H17FN4O3. The van der Waals surface area contributed by atoms with Gasteiger partial charge in [-0.25, -0.2) is 13.9 Å². The average molecular weight is 320 g/mol. The van der Waals surface area contributed by atoms with E-state index in [0.29, 0.717) is 37.7 Å². The number of hydrogen-bond acceptors (Lipinski definition) is 6. The van der Waals surface area contributed by atoms with E-state index in [2.05, 4.69) is 10.3 Å². The molecule has 2 heterocycles. The molecule has 0 bridgehead atoms. The van der Waals surface area contributed by atoms with Crippen molar-refractivity contribution in [2.24, 2.45) is 0 Å². The lowest BCUT2D eigenvalue weighted by atomic mass is 10.2. The molecule has 0 aliphatic carbocycles. The van der Waals surface area contributed by atoms with E-state index in [1.54, 1.807) is 19.1 Å². The molecule has 2 aromatic rings. The van der Waals surface area contributed by atoms with Gasteiger partial charge < -0.3 is 14.4 Å². The van der Waals surface area contributed by atoms with Crippen LogP contribution in [0.25, 0.3) is 5.69 Å². The maximum absolute atomic E-state index is 14.4. The van der Waals surface area contributed by atoms with Crippen molar-refractivity contribution in [3.63, 3.8) is 0 Å². The largest absolute Gasteiger partial charge is 0.461 e. The van der Waals surface area contributed by atoms with Crippen LogP contribution in [0.5, 0.6) is 0 Å². The third-order valence-corrected chi connectivity index (χ3v) is 3.53. The van der Waals surface area contributed by atoms with Crippen LogP contribution in [0, 0.1) is 5.82 Å². The van der Waals surface area contributed by atoms with Gasteiger partial charge in [-0.3, -0.25) is 0 Å². The standard InChI is InChI=1S/C15H17FN4O3/c1-2-23-15(21)13-10-20(18-17-13)11-3-4-14(12(16)9-11)19-5-7-22-8-6-19/h3-4,9-10H,2,5-8H2,1H3. The van der Waals surface area contributed by atoms with Crippen LogP contribution in [-0.4, -0.2) is 53.9 Å². The third-order valence-electron chi connectivity index (χ3n) is 3.53. The highest BCUT2D eigenvalue weighted by molar-refractivity contribution is 5.86. The highest BCUT2D eigenvalue weighted by Crippen LogP contribution is 2.23. The number of esters is 1. The Labute approximate surface area is 132 Å².